The molecule has 0 aliphatic heterocycles. The number of methoxy groups -OCH3 is 1. The number of ether oxygens (including phenoxy) is 1. The van der Waals surface area contributed by atoms with E-state index in [1.54, 1.807) is 5.38 Å². The summed E-state index contributed by atoms with van der Waals surface area (Å²) in [5.74, 6) is -1.90. The number of hydrogen-bond acceptors (Lipinski definition) is 6. The molecule has 0 unspecified atom stereocenters. The lowest BCUT2D eigenvalue weighted by molar-refractivity contribution is 0.0693. The highest BCUT2D eigenvalue weighted by Gasteiger charge is 2.26. The molecule has 0 fully saturated rings. The summed E-state index contributed by atoms with van der Waals surface area (Å²) in [6.45, 7) is 0. The molecule has 1 aromatic carbocycles. The van der Waals surface area contributed by atoms with Crippen LogP contribution in [0.1, 0.15) is 15.4 Å². The Hall–Kier alpha value is -1.64. The van der Waals surface area contributed by atoms with E-state index >= 15 is 0 Å². The number of aromatic carboxylic acids is 1. The van der Waals surface area contributed by atoms with Gasteiger partial charge in [0.15, 0.2) is 15.6 Å². The number of nitrogens with zero attached hydrogens (tertiary/aromatic N) is 1. The molecule has 6 nitrogen and oxygen atoms in total. The molecule has 0 aliphatic rings. The maximum Gasteiger partial charge on any atom is 0.339 e. The summed E-state index contributed by atoms with van der Waals surface area (Å²) < 4.78 is 29.8. The van der Waals surface area contributed by atoms with Crippen molar-refractivity contribution in [2.75, 3.05) is 7.11 Å². The second-order valence-corrected chi connectivity index (χ2v) is 7.35. The van der Waals surface area contributed by atoms with Crippen molar-refractivity contribution in [3.8, 4) is 5.75 Å². The molecular formula is C12H10ClNO5S2. The fraction of sp³-hybridized carbons (Fsp3) is 0.167. The number of benzene rings is 1. The Morgan fingerprint density at radius 1 is 1.48 bits per heavy atom. The van der Waals surface area contributed by atoms with Gasteiger partial charge in [0.05, 0.1) is 7.11 Å². The van der Waals surface area contributed by atoms with Crippen molar-refractivity contribution in [3.63, 3.8) is 0 Å². The minimum Gasteiger partial charge on any atom is -0.494 e. The number of carboxylic acids is 1. The first kappa shape index (κ1) is 15.7. The molecule has 0 atom stereocenters. The van der Waals surface area contributed by atoms with Crippen molar-refractivity contribution in [2.45, 2.75) is 10.6 Å². The van der Waals surface area contributed by atoms with Crippen LogP contribution in [0.5, 0.6) is 5.75 Å². The van der Waals surface area contributed by atoms with Gasteiger partial charge in [0.2, 0.25) is 0 Å². The molecule has 2 rings (SSSR count). The number of halogens is 1. The molecule has 0 bridgehead atoms. The normalized spacial score (nSPS) is 11.3. The van der Waals surface area contributed by atoms with Crippen molar-refractivity contribution in [2.24, 2.45) is 0 Å². The lowest BCUT2D eigenvalue weighted by atomic mass is 10.2. The first-order valence-corrected chi connectivity index (χ1v) is 8.48. The zero-order chi connectivity index (χ0) is 15.6. The largest absolute Gasteiger partial charge is 0.494 e. The minimum absolute atomic E-state index is 0.00548. The number of carbonyl (C=O) groups is 1. The predicted octanol–water partition coefficient (Wildman–Crippen LogP) is 2.48. The quantitative estimate of drug-likeness (QED) is 0.893. The molecule has 1 aromatic heterocycles. The summed E-state index contributed by atoms with van der Waals surface area (Å²) >= 11 is 7.01. The molecule has 0 amide bonds. The van der Waals surface area contributed by atoms with E-state index < -0.39 is 15.8 Å². The van der Waals surface area contributed by atoms with Gasteiger partial charge >= 0.3 is 5.97 Å². The first-order chi connectivity index (χ1) is 9.85. The van der Waals surface area contributed by atoms with E-state index in [4.69, 9.17) is 21.4 Å². The summed E-state index contributed by atoms with van der Waals surface area (Å²) in [5.41, 5.74) is -0.303. The van der Waals surface area contributed by atoms with Crippen molar-refractivity contribution >= 4 is 38.7 Å². The number of sulfone groups is 1. The van der Waals surface area contributed by atoms with Crippen molar-refractivity contribution in [1.82, 2.24) is 4.98 Å². The van der Waals surface area contributed by atoms with Gasteiger partial charge in [-0.3, -0.25) is 0 Å². The lowest BCUT2D eigenvalue weighted by Crippen LogP contribution is -2.10. The Bertz CT molecular complexity index is 771. The summed E-state index contributed by atoms with van der Waals surface area (Å²) in [4.78, 5) is 14.8. The number of rotatable bonds is 5. The van der Waals surface area contributed by atoms with E-state index in [0.29, 0.717) is 5.01 Å². The van der Waals surface area contributed by atoms with Crippen LogP contribution in [-0.4, -0.2) is 31.6 Å². The topological polar surface area (TPSA) is 93.6 Å². The number of aromatic nitrogens is 1. The Morgan fingerprint density at radius 3 is 2.71 bits per heavy atom. The standard InChI is InChI=1S/C12H10ClNO5S2/c1-19-11-8(12(15)16)4-7(13)5-9(11)21(17,18)6-10-14-2-3-20-10/h2-5H,6H2,1H3,(H,15,16). The molecule has 0 saturated carbocycles. The molecule has 0 aliphatic carbocycles. The number of thiazole rings is 1. The van der Waals surface area contributed by atoms with Gasteiger partial charge in [0, 0.05) is 16.6 Å². The van der Waals surface area contributed by atoms with Crippen LogP contribution >= 0.6 is 22.9 Å². The molecule has 112 valence electrons. The summed E-state index contributed by atoms with van der Waals surface area (Å²) in [5, 5.41) is 11.2. The Morgan fingerprint density at radius 2 is 2.19 bits per heavy atom. The first-order valence-electron chi connectivity index (χ1n) is 5.57. The monoisotopic (exact) mass is 347 g/mol. The average Bonchev–Trinajstić information content (AvgIpc) is 2.89. The van der Waals surface area contributed by atoms with Crippen molar-refractivity contribution in [3.05, 3.63) is 39.3 Å². The highest BCUT2D eigenvalue weighted by molar-refractivity contribution is 7.90. The predicted molar refractivity (Wildman–Crippen MR) is 78.0 cm³/mol. The molecule has 2 aromatic rings. The molecule has 21 heavy (non-hydrogen) atoms. The third-order valence-electron chi connectivity index (χ3n) is 2.59. The molecule has 9 heteroatoms. The Labute approximate surface area is 129 Å². The van der Waals surface area contributed by atoms with Gasteiger partial charge < -0.3 is 9.84 Å². The second kappa shape index (κ2) is 6.00. The number of carboxylic acid groups (broad SMARTS) is 1. The van der Waals surface area contributed by atoms with Gasteiger partial charge in [-0.1, -0.05) is 11.6 Å². The van der Waals surface area contributed by atoms with Crippen LogP contribution in [0.2, 0.25) is 5.02 Å². The van der Waals surface area contributed by atoms with Crippen molar-refractivity contribution in [1.29, 1.82) is 0 Å². The van der Waals surface area contributed by atoms with Gasteiger partial charge in [0.1, 0.15) is 21.2 Å². The van der Waals surface area contributed by atoms with Gasteiger partial charge in [-0.2, -0.15) is 0 Å². The zero-order valence-corrected chi connectivity index (χ0v) is 13.1. The highest BCUT2D eigenvalue weighted by atomic mass is 35.5. The van der Waals surface area contributed by atoms with Crippen molar-refractivity contribution < 1.29 is 23.1 Å². The molecule has 1 heterocycles. The van der Waals surface area contributed by atoms with Crippen LogP contribution in [0.4, 0.5) is 0 Å². The maximum absolute atomic E-state index is 12.4. The smallest absolute Gasteiger partial charge is 0.339 e. The Balaban J connectivity index is 2.59. The van der Waals surface area contributed by atoms with Crippen LogP contribution in [-0.2, 0) is 15.6 Å². The molecule has 1 N–H and O–H groups in total. The summed E-state index contributed by atoms with van der Waals surface area (Å²) in [7, 11) is -2.62. The second-order valence-electron chi connectivity index (χ2n) is 3.97. The van der Waals surface area contributed by atoms with E-state index in [1.165, 1.54) is 30.7 Å². The van der Waals surface area contributed by atoms with Crippen LogP contribution in [0.3, 0.4) is 0 Å². The van der Waals surface area contributed by atoms with Crippen LogP contribution in [0.25, 0.3) is 0 Å². The van der Waals surface area contributed by atoms with E-state index in [2.05, 4.69) is 4.98 Å². The highest BCUT2D eigenvalue weighted by Crippen LogP contribution is 2.33. The third kappa shape index (κ3) is 3.34. The van der Waals surface area contributed by atoms with Gasteiger partial charge in [-0.15, -0.1) is 11.3 Å². The van der Waals surface area contributed by atoms with E-state index in [0.717, 1.165) is 6.07 Å². The third-order valence-corrected chi connectivity index (χ3v) is 5.39. The summed E-state index contributed by atoms with van der Waals surface area (Å²) in [6, 6.07) is 2.32. The lowest BCUT2D eigenvalue weighted by Gasteiger charge is -2.12. The molecule has 0 spiro atoms. The Kier molecular flexibility index (Phi) is 4.50. The zero-order valence-electron chi connectivity index (χ0n) is 10.7. The van der Waals surface area contributed by atoms with Crippen LogP contribution < -0.4 is 4.74 Å². The fourth-order valence-corrected chi connectivity index (χ4v) is 4.49. The van der Waals surface area contributed by atoms with Gasteiger partial charge in [-0.05, 0) is 12.1 Å². The number of hydrogen-bond donors (Lipinski definition) is 1. The molecule has 0 saturated heterocycles. The van der Waals surface area contributed by atoms with Crippen LogP contribution in [0, 0.1) is 0 Å². The minimum atomic E-state index is -3.83. The molecular weight excluding hydrogens is 338 g/mol. The maximum atomic E-state index is 12.4. The van der Waals surface area contributed by atoms with E-state index in [9.17, 15) is 13.2 Å². The van der Waals surface area contributed by atoms with Gasteiger partial charge in [-0.25, -0.2) is 18.2 Å². The van der Waals surface area contributed by atoms with E-state index in [-0.39, 0.29) is 27.0 Å². The average molecular weight is 348 g/mol. The van der Waals surface area contributed by atoms with Gasteiger partial charge in [0.25, 0.3) is 0 Å². The SMILES string of the molecule is COc1c(C(=O)O)cc(Cl)cc1S(=O)(=O)Cc1nccs1. The molecule has 0 radical (unpaired) electrons. The van der Waals surface area contributed by atoms with Crippen LogP contribution in [0.15, 0.2) is 28.6 Å². The summed E-state index contributed by atoms with van der Waals surface area (Å²) in [6.07, 6.45) is 1.49. The van der Waals surface area contributed by atoms with E-state index in [1.807, 2.05) is 0 Å². The fourth-order valence-electron chi connectivity index (χ4n) is 1.73.